The van der Waals surface area contributed by atoms with E-state index in [1.165, 1.54) is 4.90 Å². The fourth-order valence-electron chi connectivity index (χ4n) is 3.20. The number of nitrogens with one attached hydrogen (secondary N) is 1. The third-order valence-corrected chi connectivity index (χ3v) is 4.77. The van der Waals surface area contributed by atoms with Crippen molar-refractivity contribution in [2.45, 2.75) is 32.4 Å². The van der Waals surface area contributed by atoms with Crippen molar-refractivity contribution in [2.24, 2.45) is 0 Å². The summed E-state index contributed by atoms with van der Waals surface area (Å²) in [5.41, 5.74) is 1.30. The van der Waals surface area contributed by atoms with Gasteiger partial charge >= 0.3 is 5.97 Å². The van der Waals surface area contributed by atoms with Crippen LogP contribution < -0.4 is 10.1 Å². The van der Waals surface area contributed by atoms with E-state index < -0.39 is 12.0 Å². The molecule has 7 heteroatoms. The molecule has 1 saturated heterocycles. The van der Waals surface area contributed by atoms with Gasteiger partial charge in [0.25, 0.3) is 5.91 Å². The number of ether oxygens (including phenoxy) is 2. The van der Waals surface area contributed by atoms with E-state index in [0.717, 1.165) is 12.0 Å². The van der Waals surface area contributed by atoms with Gasteiger partial charge in [-0.2, -0.15) is 0 Å². The maximum absolute atomic E-state index is 13.0. The first-order valence-electron chi connectivity index (χ1n) is 10.1. The molecule has 1 heterocycles. The third-order valence-electron chi connectivity index (χ3n) is 4.77. The Kier molecular flexibility index (Phi) is 7.43. The molecule has 2 aromatic carbocycles. The molecule has 1 N–H and O–H groups in total. The molecule has 0 radical (unpaired) electrons. The lowest BCUT2D eigenvalue weighted by Crippen LogP contribution is -2.57. The van der Waals surface area contributed by atoms with Gasteiger partial charge in [-0.05, 0) is 36.2 Å². The highest BCUT2D eigenvalue weighted by molar-refractivity contribution is 5.99. The lowest BCUT2D eigenvalue weighted by atomic mass is 10.1. The SMILES string of the molecule is CCCOc1ccc(C(=O)N2CCNC(=O)[C@@H]2CC(=O)OCc2ccccc2)cc1. The first-order chi connectivity index (χ1) is 14.6. The van der Waals surface area contributed by atoms with Gasteiger partial charge in [0.2, 0.25) is 5.91 Å². The molecule has 30 heavy (non-hydrogen) atoms. The van der Waals surface area contributed by atoms with E-state index in [1.807, 2.05) is 37.3 Å². The summed E-state index contributed by atoms with van der Waals surface area (Å²) in [4.78, 5) is 39.1. The van der Waals surface area contributed by atoms with Crippen molar-refractivity contribution in [3.63, 3.8) is 0 Å². The van der Waals surface area contributed by atoms with Crippen molar-refractivity contribution in [1.82, 2.24) is 10.2 Å². The fourth-order valence-corrected chi connectivity index (χ4v) is 3.20. The number of rotatable bonds is 8. The molecule has 7 nitrogen and oxygen atoms in total. The zero-order valence-corrected chi connectivity index (χ0v) is 17.0. The number of hydrogen-bond donors (Lipinski definition) is 1. The van der Waals surface area contributed by atoms with Crippen LogP contribution in [0.1, 0.15) is 35.7 Å². The van der Waals surface area contributed by atoms with Crippen LogP contribution >= 0.6 is 0 Å². The van der Waals surface area contributed by atoms with Crippen LogP contribution in [0.4, 0.5) is 0 Å². The Hall–Kier alpha value is -3.35. The lowest BCUT2D eigenvalue weighted by molar-refractivity contribution is -0.148. The average molecular weight is 410 g/mol. The van der Waals surface area contributed by atoms with Gasteiger partial charge in [0.1, 0.15) is 18.4 Å². The summed E-state index contributed by atoms with van der Waals surface area (Å²) in [6.07, 6.45) is 0.702. The van der Waals surface area contributed by atoms with E-state index in [4.69, 9.17) is 9.47 Å². The van der Waals surface area contributed by atoms with Crippen LogP contribution in [0, 0.1) is 0 Å². The first-order valence-corrected chi connectivity index (χ1v) is 10.1. The standard InChI is InChI=1S/C23H26N2O5/c1-2-14-29-19-10-8-18(9-11-19)23(28)25-13-12-24-22(27)20(25)15-21(26)30-16-17-6-4-3-5-7-17/h3-11,20H,2,12-16H2,1H3,(H,24,27)/t20-/m0/s1. The van der Waals surface area contributed by atoms with E-state index in [2.05, 4.69) is 5.32 Å². The van der Waals surface area contributed by atoms with Crippen LogP contribution in [0.5, 0.6) is 5.75 Å². The lowest BCUT2D eigenvalue weighted by Gasteiger charge is -2.34. The quantitative estimate of drug-likeness (QED) is 0.676. The average Bonchev–Trinajstić information content (AvgIpc) is 2.78. The third kappa shape index (κ3) is 5.59. The van der Waals surface area contributed by atoms with E-state index in [0.29, 0.717) is 31.0 Å². The van der Waals surface area contributed by atoms with Gasteiger partial charge in [-0.25, -0.2) is 0 Å². The summed E-state index contributed by atoms with van der Waals surface area (Å²) in [7, 11) is 0. The Morgan fingerprint density at radius 2 is 1.83 bits per heavy atom. The second-order valence-electron chi connectivity index (χ2n) is 7.03. The summed E-state index contributed by atoms with van der Waals surface area (Å²) in [5.74, 6) is -0.491. The Labute approximate surface area is 176 Å². The molecule has 0 aliphatic carbocycles. The van der Waals surface area contributed by atoms with Crippen molar-refractivity contribution in [3.05, 3.63) is 65.7 Å². The molecule has 1 aliphatic heterocycles. The predicted octanol–water partition coefficient (Wildman–Crippen LogP) is 2.55. The van der Waals surface area contributed by atoms with E-state index in [-0.39, 0.29) is 24.8 Å². The van der Waals surface area contributed by atoms with E-state index in [1.54, 1.807) is 24.3 Å². The van der Waals surface area contributed by atoms with Gasteiger partial charge in [0.05, 0.1) is 13.0 Å². The molecule has 1 atom stereocenters. The summed E-state index contributed by atoms with van der Waals surface area (Å²) < 4.78 is 10.8. The number of carbonyl (C=O) groups is 3. The van der Waals surface area contributed by atoms with Gasteiger partial charge in [-0.1, -0.05) is 37.3 Å². The number of piperazine rings is 1. The maximum atomic E-state index is 13.0. The second kappa shape index (κ2) is 10.4. The number of nitrogens with zero attached hydrogens (tertiary/aromatic N) is 1. The molecule has 2 aromatic rings. The van der Waals surface area contributed by atoms with E-state index in [9.17, 15) is 14.4 Å². The summed E-state index contributed by atoms with van der Waals surface area (Å²) in [6, 6.07) is 15.2. The molecule has 0 spiro atoms. The topological polar surface area (TPSA) is 84.9 Å². The molecule has 0 aromatic heterocycles. The second-order valence-corrected chi connectivity index (χ2v) is 7.03. The number of carbonyl (C=O) groups excluding carboxylic acids is 3. The largest absolute Gasteiger partial charge is 0.494 e. The summed E-state index contributed by atoms with van der Waals surface area (Å²) >= 11 is 0. The molecule has 3 rings (SSSR count). The summed E-state index contributed by atoms with van der Waals surface area (Å²) in [6.45, 7) is 3.42. The molecule has 158 valence electrons. The molecule has 2 amide bonds. The number of esters is 1. The van der Waals surface area contributed by atoms with Gasteiger partial charge in [0, 0.05) is 18.7 Å². The van der Waals surface area contributed by atoms with Crippen LogP contribution in [0.3, 0.4) is 0 Å². The van der Waals surface area contributed by atoms with Crippen molar-refractivity contribution in [3.8, 4) is 5.75 Å². The van der Waals surface area contributed by atoms with Crippen molar-refractivity contribution in [1.29, 1.82) is 0 Å². The van der Waals surface area contributed by atoms with Crippen LogP contribution in [0.15, 0.2) is 54.6 Å². The first kappa shape index (κ1) is 21.4. The highest BCUT2D eigenvalue weighted by Gasteiger charge is 2.35. The van der Waals surface area contributed by atoms with E-state index >= 15 is 0 Å². The van der Waals surface area contributed by atoms with Gasteiger partial charge in [-0.3, -0.25) is 14.4 Å². The smallest absolute Gasteiger partial charge is 0.308 e. The number of benzene rings is 2. The Morgan fingerprint density at radius 1 is 1.10 bits per heavy atom. The maximum Gasteiger partial charge on any atom is 0.308 e. The van der Waals surface area contributed by atoms with Crippen LogP contribution in [-0.2, 0) is 20.9 Å². The molecular weight excluding hydrogens is 384 g/mol. The molecule has 0 saturated carbocycles. The van der Waals surface area contributed by atoms with Gasteiger partial charge in [0.15, 0.2) is 0 Å². The van der Waals surface area contributed by atoms with Gasteiger partial charge < -0.3 is 19.7 Å². The Balaban J connectivity index is 1.64. The Bertz CT molecular complexity index is 867. The minimum Gasteiger partial charge on any atom is -0.494 e. The highest BCUT2D eigenvalue weighted by Crippen LogP contribution is 2.18. The zero-order valence-electron chi connectivity index (χ0n) is 17.0. The highest BCUT2D eigenvalue weighted by atomic mass is 16.5. The molecule has 1 aliphatic rings. The van der Waals surface area contributed by atoms with Crippen molar-refractivity contribution >= 4 is 17.8 Å². The molecular formula is C23H26N2O5. The minimum atomic E-state index is -0.898. The number of hydrogen-bond acceptors (Lipinski definition) is 5. The monoisotopic (exact) mass is 410 g/mol. The molecule has 0 bridgehead atoms. The van der Waals surface area contributed by atoms with Crippen LogP contribution in [0.25, 0.3) is 0 Å². The van der Waals surface area contributed by atoms with Crippen molar-refractivity contribution < 1.29 is 23.9 Å². The summed E-state index contributed by atoms with van der Waals surface area (Å²) in [5, 5.41) is 2.72. The van der Waals surface area contributed by atoms with Crippen molar-refractivity contribution in [2.75, 3.05) is 19.7 Å². The normalized spacial score (nSPS) is 16.0. The number of amides is 2. The van der Waals surface area contributed by atoms with Crippen LogP contribution in [-0.4, -0.2) is 48.4 Å². The zero-order chi connectivity index (χ0) is 21.3. The Morgan fingerprint density at radius 3 is 2.53 bits per heavy atom. The minimum absolute atomic E-state index is 0.126. The molecule has 0 unspecified atom stereocenters. The molecule has 1 fully saturated rings. The fraction of sp³-hybridized carbons (Fsp3) is 0.348. The van der Waals surface area contributed by atoms with Crippen LogP contribution in [0.2, 0.25) is 0 Å². The van der Waals surface area contributed by atoms with Gasteiger partial charge in [-0.15, -0.1) is 0 Å². The predicted molar refractivity (Wildman–Crippen MR) is 111 cm³/mol.